The second kappa shape index (κ2) is 3.11. The molecule has 0 aliphatic carbocycles. The Morgan fingerprint density at radius 1 is 1.31 bits per heavy atom. The lowest BCUT2D eigenvalue weighted by atomic mass is 10.1. The molecule has 0 atom stereocenters. The van der Waals surface area contributed by atoms with Gasteiger partial charge in [-0.3, -0.25) is 4.98 Å². The zero-order valence-electron chi connectivity index (χ0n) is 7.00. The van der Waals surface area contributed by atoms with Crippen LogP contribution in [0, 0.1) is 5.82 Å². The summed E-state index contributed by atoms with van der Waals surface area (Å²) in [5, 5.41) is 0.796. The van der Waals surface area contributed by atoms with E-state index in [1.807, 2.05) is 6.07 Å². The number of halogens is 1. The lowest BCUT2D eigenvalue weighted by Crippen LogP contribution is -1.98. The van der Waals surface area contributed by atoms with Gasteiger partial charge in [-0.2, -0.15) is 0 Å². The highest BCUT2D eigenvalue weighted by Gasteiger charge is 2.04. The van der Waals surface area contributed by atoms with E-state index in [0.29, 0.717) is 12.1 Å². The van der Waals surface area contributed by atoms with Crippen molar-refractivity contribution >= 4 is 10.9 Å². The normalized spacial score (nSPS) is 10.6. The Bertz CT molecular complexity index is 440. The molecule has 1 aromatic heterocycles. The largest absolute Gasteiger partial charge is 0.326 e. The SMILES string of the molecule is NCc1ccc(F)c2ncccc12. The van der Waals surface area contributed by atoms with Crippen molar-refractivity contribution in [2.45, 2.75) is 6.54 Å². The standard InChI is InChI=1S/C10H9FN2/c11-9-4-3-7(6-12)8-2-1-5-13-10(8)9/h1-5H,6,12H2. The summed E-state index contributed by atoms with van der Waals surface area (Å²) >= 11 is 0. The lowest BCUT2D eigenvalue weighted by molar-refractivity contribution is 0.636. The van der Waals surface area contributed by atoms with Crippen molar-refractivity contribution in [3.8, 4) is 0 Å². The topological polar surface area (TPSA) is 38.9 Å². The average Bonchev–Trinajstić information content (AvgIpc) is 2.19. The van der Waals surface area contributed by atoms with Crippen LogP contribution in [0.3, 0.4) is 0 Å². The Balaban J connectivity index is 2.84. The Kier molecular flexibility index (Phi) is 1.94. The van der Waals surface area contributed by atoms with Gasteiger partial charge in [0.05, 0.1) is 0 Å². The Labute approximate surface area is 75.2 Å². The second-order valence-electron chi connectivity index (χ2n) is 2.81. The van der Waals surface area contributed by atoms with E-state index in [1.165, 1.54) is 6.07 Å². The van der Waals surface area contributed by atoms with E-state index in [1.54, 1.807) is 18.3 Å². The fourth-order valence-corrected chi connectivity index (χ4v) is 1.38. The summed E-state index contributed by atoms with van der Waals surface area (Å²) in [5.74, 6) is -0.298. The van der Waals surface area contributed by atoms with Crippen LogP contribution in [0.1, 0.15) is 5.56 Å². The first-order chi connectivity index (χ1) is 6.33. The quantitative estimate of drug-likeness (QED) is 0.720. The van der Waals surface area contributed by atoms with Gasteiger partial charge in [-0.05, 0) is 17.7 Å². The Morgan fingerprint density at radius 3 is 2.92 bits per heavy atom. The molecular weight excluding hydrogens is 167 g/mol. The first-order valence-corrected chi connectivity index (χ1v) is 4.05. The minimum Gasteiger partial charge on any atom is -0.326 e. The first kappa shape index (κ1) is 8.13. The molecule has 2 aromatic rings. The molecule has 0 aliphatic heterocycles. The summed E-state index contributed by atoms with van der Waals surface area (Å²) in [6.07, 6.45) is 1.58. The minimum atomic E-state index is -0.298. The van der Waals surface area contributed by atoms with Gasteiger partial charge in [0, 0.05) is 18.1 Å². The third-order valence-corrected chi connectivity index (χ3v) is 2.03. The van der Waals surface area contributed by atoms with Gasteiger partial charge in [0.2, 0.25) is 0 Å². The van der Waals surface area contributed by atoms with Crippen LogP contribution in [0.25, 0.3) is 10.9 Å². The molecule has 0 unspecified atom stereocenters. The van der Waals surface area contributed by atoms with Crippen LogP contribution in [0.5, 0.6) is 0 Å². The molecular formula is C10H9FN2. The predicted molar refractivity (Wildman–Crippen MR) is 49.6 cm³/mol. The molecule has 66 valence electrons. The van der Waals surface area contributed by atoms with Crippen molar-refractivity contribution in [3.63, 3.8) is 0 Å². The van der Waals surface area contributed by atoms with E-state index in [4.69, 9.17) is 5.73 Å². The number of fused-ring (bicyclic) bond motifs is 1. The summed E-state index contributed by atoms with van der Waals surface area (Å²) in [7, 11) is 0. The van der Waals surface area contributed by atoms with Crippen LogP contribution in [-0.2, 0) is 6.54 Å². The van der Waals surface area contributed by atoms with Gasteiger partial charge in [0.25, 0.3) is 0 Å². The third kappa shape index (κ3) is 1.27. The van der Waals surface area contributed by atoms with Crippen molar-refractivity contribution in [1.82, 2.24) is 4.98 Å². The lowest BCUT2D eigenvalue weighted by Gasteiger charge is -2.03. The van der Waals surface area contributed by atoms with E-state index in [0.717, 1.165) is 10.9 Å². The molecule has 0 fully saturated rings. The maximum atomic E-state index is 13.2. The molecule has 1 aromatic carbocycles. The van der Waals surface area contributed by atoms with E-state index >= 15 is 0 Å². The van der Waals surface area contributed by atoms with E-state index in [2.05, 4.69) is 4.98 Å². The second-order valence-corrected chi connectivity index (χ2v) is 2.81. The van der Waals surface area contributed by atoms with Gasteiger partial charge >= 0.3 is 0 Å². The molecule has 0 bridgehead atoms. The van der Waals surface area contributed by atoms with Crippen LogP contribution in [0.15, 0.2) is 30.5 Å². The molecule has 0 spiro atoms. The number of pyridine rings is 1. The first-order valence-electron chi connectivity index (χ1n) is 4.05. The van der Waals surface area contributed by atoms with Crippen LogP contribution in [0.4, 0.5) is 4.39 Å². The maximum Gasteiger partial charge on any atom is 0.149 e. The Morgan fingerprint density at radius 2 is 2.15 bits per heavy atom. The van der Waals surface area contributed by atoms with Gasteiger partial charge in [0.15, 0.2) is 0 Å². The van der Waals surface area contributed by atoms with Crippen LogP contribution in [0.2, 0.25) is 0 Å². The predicted octanol–water partition coefficient (Wildman–Crippen LogP) is 1.83. The molecule has 2 N–H and O–H groups in total. The van der Waals surface area contributed by atoms with Gasteiger partial charge < -0.3 is 5.73 Å². The Hall–Kier alpha value is -1.48. The molecule has 2 nitrogen and oxygen atoms in total. The summed E-state index contributed by atoms with van der Waals surface area (Å²) in [5.41, 5.74) is 6.83. The molecule has 0 radical (unpaired) electrons. The monoisotopic (exact) mass is 176 g/mol. The highest BCUT2D eigenvalue weighted by atomic mass is 19.1. The number of nitrogens with zero attached hydrogens (tertiary/aromatic N) is 1. The van der Waals surface area contributed by atoms with Gasteiger partial charge in [0.1, 0.15) is 11.3 Å². The molecule has 0 amide bonds. The van der Waals surface area contributed by atoms with Crippen LogP contribution < -0.4 is 5.73 Å². The third-order valence-electron chi connectivity index (χ3n) is 2.03. The number of nitrogens with two attached hydrogens (primary N) is 1. The number of aromatic nitrogens is 1. The minimum absolute atomic E-state index is 0.298. The molecule has 3 heteroatoms. The molecule has 13 heavy (non-hydrogen) atoms. The zero-order valence-corrected chi connectivity index (χ0v) is 7.00. The molecule has 2 rings (SSSR count). The number of hydrogen-bond donors (Lipinski definition) is 1. The van der Waals surface area contributed by atoms with Gasteiger partial charge in [-0.15, -0.1) is 0 Å². The van der Waals surface area contributed by atoms with Gasteiger partial charge in [-0.1, -0.05) is 12.1 Å². The number of benzene rings is 1. The highest BCUT2D eigenvalue weighted by molar-refractivity contribution is 5.82. The van der Waals surface area contributed by atoms with Crippen LogP contribution in [-0.4, -0.2) is 4.98 Å². The molecule has 0 aliphatic rings. The van der Waals surface area contributed by atoms with Crippen molar-refractivity contribution in [2.75, 3.05) is 0 Å². The maximum absolute atomic E-state index is 13.2. The smallest absolute Gasteiger partial charge is 0.149 e. The molecule has 1 heterocycles. The van der Waals surface area contributed by atoms with E-state index in [9.17, 15) is 4.39 Å². The molecule has 0 saturated carbocycles. The average molecular weight is 176 g/mol. The van der Waals surface area contributed by atoms with Crippen molar-refractivity contribution in [3.05, 3.63) is 41.8 Å². The van der Waals surface area contributed by atoms with Crippen LogP contribution >= 0.6 is 0 Å². The number of hydrogen-bond acceptors (Lipinski definition) is 2. The van der Waals surface area contributed by atoms with Gasteiger partial charge in [-0.25, -0.2) is 4.39 Å². The van der Waals surface area contributed by atoms with E-state index in [-0.39, 0.29) is 5.82 Å². The summed E-state index contributed by atoms with van der Waals surface area (Å²) in [4.78, 5) is 3.96. The van der Waals surface area contributed by atoms with Crippen molar-refractivity contribution in [2.24, 2.45) is 5.73 Å². The fraction of sp³-hybridized carbons (Fsp3) is 0.100. The summed E-state index contributed by atoms with van der Waals surface area (Å²) < 4.78 is 13.2. The van der Waals surface area contributed by atoms with Crippen molar-refractivity contribution < 1.29 is 4.39 Å². The number of rotatable bonds is 1. The zero-order chi connectivity index (χ0) is 9.26. The fourth-order valence-electron chi connectivity index (χ4n) is 1.38. The van der Waals surface area contributed by atoms with E-state index < -0.39 is 0 Å². The summed E-state index contributed by atoms with van der Waals surface area (Å²) in [6.45, 7) is 0.405. The highest BCUT2D eigenvalue weighted by Crippen LogP contribution is 2.18. The van der Waals surface area contributed by atoms with Crippen molar-refractivity contribution in [1.29, 1.82) is 0 Å². The summed E-state index contributed by atoms with van der Waals surface area (Å²) in [6, 6.07) is 6.70. The molecule has 0 saturated heterocycles.